The van der Waals surface area contributed by atoms with Crippen LogP contribution in [0.1, 0.15) is 25.8 Å². The van der Waals surface area contributed by atoms with Crippen LogP contribution in [0.25, 0.3) is 0 Å². The van der Waals surface area contributed by atoms with Gasteiger partial charge in [0, 0.05) is 18.2 Å². The molecule has 2 N–H and O–H groups in total. The topological polar surface area (TPSA) is 44.5 Å². The van der Waals surface area contributed by atoms with Gasteiger partial charge in [0.15, 0.2) is 0 Å². The van der Waals surface area contributed by atoms with E-state index in [0.717, 1.165) is 12.0 Å². The Labute approximate surface area is 125 Å². The van der Waals surface area contributed by atoms with Crippen molar-refractivity contribution in [3.8, 4) is 5.75 Å². The van der Waals surface area contributed by atoms with E-state index < -0.39 is 0 Å². The zero-order chi connectivity index (χ0) is 14.4. The molecule has 1 aromatic rings. The van der Waals surface area contributed by atoms with E-state index in [0.29, 0.717) is 28.8 Å². The number of benzene rings is 1. The highest BCUT2D eigenvalue weighted by atomic mass is 35.5. The molecule has 108 valence electrons. The van der Waals surface area contributed by atoms with Crippen LogP contribution in [0.4, 0.5) is 0 Å². The maximum atomic E-state index is 6.20. The lowest BCUT2D eigenvalue weighted by molar-refractivity contribution is 0.0713. The van der Waals surface area contributed by atoms with Crippen molar-refractivity contribution >= 4 is 23.2 Å². The first kappa shape index (κ1) is 16.6. The van der Waals surface area contributed by atoms with E-state index in [9.17, 15) is 0 Å². The lowest BCUT2D eigenvalue weighted by Gasteiger charge is -2.18. The molecule has 19 heavy (non-hydrogen) atoms. The molecule has 3 nitrogen and oxygen atoms in total. The molecule has 0 aliphatic carbocycles. The van der Waals surface area contributed by atoms with Crippen molar-refractivity contribution in [1.82, 2.24) is 0 Å². The first-order valence-corrected chi connectivity index (χ1v) is 7.12. The number of ether oxygens (including phenoxy) is 2. The second-order valence-electron chi connectivity index (χ2n) is 4.61. The molecular formula is C14H21Cl2NO2. The zero-order valence-electron chi connectivity index (χ0n) is 11.6. The molecule has 1 rings (SSSR count). The first-order chi connectivity index (χ1) is 8.97. The van der Waals surface area contributed by atoms with Gasteiger partial charge in [0.1, 0.15) is 12.4 Å². The van der Waals surface area contributed by atoms with E-state index >= 15 is 0 Å². The van der Waals surface area contributed by atoms with Crippen molar-refractivity contribution in [2.75, 3.05) is 13.7 Å². The summed E-state index contributed by atoms with van der Waals surface area (Å²) in [5.41, 5.74) is 6.93. The van der Waals surface area contributed by atoms with Crippen LogP contribution >= 0.6 is 23.2 Å². The maximum Gasteiger partial charge on any atom is 0.141 e. The molecule has 0 radical (unpaired) electrons. The fourth-order valence-corrected chi connectivity index (χ4v) is 2.21. The van der Waals surface area contributed by atoms with E-state index in [4.69, 9.17) is 38.4 Å². The second-order valence-corrected chi connectivity index (χ2v) is 5.45. The van der Waals surface area contributed by atoms with Crippen LogP contribution in [0.5, 0.6) is 5.75 Å². The molecule has 0 aromatic heterocycles. The molecule has 0 bridgehead atoms. The number of halogens is 2. The van der Waals surface area contributed by atoms with Crippen LogP contribution in [-0.4, -0.2) is 25.9 Å². The lowest BCUT2D eigenvalue weighted by Crippen LogP contribution is -2.22. The molecule has 0 saturated heterocycles. The minimum Gasteiger partial charge on any atom is -0.489 e. The van der Waals surface area contributed by atoms with Crippen molar-refractivity contribution in [2.45, 2.75) is 38.8 Å². The fourth-order valence-electron chi connectivity index (χ4n) is 1.62. The molecule has 2 atom stereocenters. The highest BCUT2D eigenvalue weighted by Gasteiger charge is 2.14. The van der Waals surface area contributed by atoms with Crippen LogP contribution in [-0.2, 0) is 11.2 Å². The van der Waals surface area contributed by atoms with Crippen LogP contribution in [0.15, 0.2) is 12.1 Å². The third kappa shape index (κ3) is 5.19. The third-order valence-corrected chi connectivity index (χ3v) is 3.46. The van der Waals surface area contributed by atoms with E-state index in [1.807, 2.05) is 19.9 Å². The summed E-state index contributed by atoms with van der Waals surface area (Å²) in [7, 11) is 1.64. The number of nitrogens with two attached hydrogens (primary N) is 1. The monoisotopic (exact) mass is 305 g/mol. The number of hydrogen-bond donors (Lipinski definition) is 1. The quantitative estimate of drug-likeness (QED) is 0.835. The highest BCUT2D eigenvalue weighted by Crippen LogP contribution is 2.33. The van der Waals surface area contributed by atoms with Crippen molar-refractivity contribution < 1.29 is 9.47 Å². The molecule has 0 aliphatic rings. The van der Waals surface area contributed by atoms with Crippen molar-refractivity contribution in [3.63, 3.8) is 0 Å². The van der Waals surface area contributed by atoms with Gasteiger partial charge in [-0.25, -0.2) is 0 Å². The van der Waals surface area contributed by atoms with Gasteiger partial charge < -0.3 is 15.2 Å². The summed E-state index contributed by atoms with van der Waals surface area (Å²) in [5.74, 6) is 0.652. The summed E-state index contributed by atoms with van der Waals surface area (Å²) < 4.78 is 10.9. The van der Waals surface area contributed by atoms with E-state index in [2.05, 4.69) is 0 Å². The van der Waals surface area contributed by atoms with Gasteiger partial charge in [-0.05, 0) is 37.5 Å². The second kappa shape index (κ2) is 7.95. The van der Waals surface area contributed by atoms with Gasteiger partial charge in [-0.3, -0.25) is 0 Å². The molecular weight excluding hydrogens is 285 g/mol. The standard InChI is InChI=1S/C14H21Cl2NO2/c1-4-12(17)6-10-5-11(15)7-13(16)14(10)19-8-9(2)18-3/h5,7,9,12H,4,6,8,17H2,1-3H3. The first-order valence-electron chi connectivity index (χ1n) is 6.37. The van der Waals surface area contributed by atoms with Crippen LogP contribution in [0.3, 0.4) is 0 Å². The molecule has 0 spiro atoms. The smallest absolute Gasteiger partial charge is 0.141 e. The molecule has 0 amide bonds. The Morgan fingerprint density at radius 2 is 2.00 bits per heavy atom. The summed E-state index contributed by atoms with van der Waals surface area (Å²) in [5, 5.41) is 1.10. The Morgan fingerprint density at radius 3 is 2.58 bits per heavy atom. The Morgan fingerprint density at radius 1 is 1.32 bits per heavy atom. The summed E-state index contributed by atoms with van der Waals surface area (Å²) in [6.07, 6.45) is 1.57. The van der Waals surface area contributed by atoms with Crippen molar-refractivity contribution in [1.29, 1.82) is 0 Å². The van der Waals surface area contributed by atoms with Crippen LogP contribution in [0, 0.1) is 0 Å². The summed E-state index contributed by atoms with van der Waals surface area (Å²) in [4.78, 5) is 0. The molecule has 2 unspecified atom stereocenters. The third-order valence-electron chi connectivity index (χ3n) is 2.96. The van der Waals surface area contributed by atoms with Gasteiger partial charge in [0.25, 0.3) is 0 Å². The molecule has 0 aliphatic heterocycles. The predicted octanol–water partition coefficient (Wildman–Crippen LogP) is 3.69. The molecule has 0 heterocycles. The minimum atomic E-state index is -0.000515. The largest absolute Gasteiger partial charge is 0.489 e. The summed E-state index contributed by atoms with van der Waals surface area (Å²) >= 11 is 12.2. The van der Waals surface area contributed by atoms with Gasteiger partial charge >= 0.3 is 0 Å². The Balaban J connectivity index is 2.92. The van der Waals surface area contributed by atoms with Gasteiger partial charge in [0.05, 0.1) is 11.1 Å². The van der Waals surface area contributed by atoms with Gasteiger partial charge in [-0.15, -0.1) is 0 Å². The van der Waals surface area contributed by atoms with Gasteiger partial charge in [-0.2, -0.15) is 0 Å². The van der Waals surface area contributed by atoms with E-state index in [-0.39, 0.29) is 12.1 Å². The number of methoxy groups -OCH3 is 1. The minimum absolute atomic E-state index is 0.000515. The maximum absolute atomic E-state index is 6.20. The lowest BCUT2D eigenvalue weighted by atomic mass is 10.0. The fraction of sp³-hybridized carbons (Fsp3) is 0.571. The average Bonchev–Trinajstić information content (AvgIpc) is 2.36. The van der Waals surface area contributed by atoms with Crippen molar-refractivity contribution in [2.24, 2.45) is 5.73 Å². The molecule has 0 fully saturated rings. The number of hydrogen-bond acceptors (Lipinski definition) is 3. The average molecular weight is 306 g/mol. The Hall–Kier alpha value is -0.480. The van der Waals surface area contributed by atoms with Crippen LogP contribution < -0.4 is 10.5 Å². The predicted molar refractivity (Wildman–Crippen MR) is 80.4 cm³/mol. The summed E-state index contributed by atoms with van der Waals surface area (Å²) in [6.45, 7) is 4.41. The molecule has 0 saturated carbocycles. The Kier molecular flexibility index (Phi) is 6.94. The number of rotatable bonds is 7. The van der Waals surface area contributed by atoms with E-state index in [1.165, 1.54) is 0 Å². The van der Waals surface area contributed by atoms with Crippen molar-refractivity contribution in [3.05, 3.63) is 27.7 Å². The van der Waals surface area contributed by atoms with Crippen LogP contribution in [0.2, 0.25) is 10.0 Å². The Bertz CT molecular complexity index is 413. The van der Waals surface area contributed by atoms with Gasteiger partial charge in [0.2, 0.25) is 0 Å². The van der Waals surface area contributed by atoms with Gasteiger partial charge in [-0.1, -0.05) is 30.1 Å². The zero-order valence-corrected chi connectivity index (χ0v) is 13.1. The van der Waals surface area contributed by atoms with E-state index in [1.54, 1.807) is 13.2 Å². The SMILES string of the molecule is CCC(N)Cc1cc(Cl)cc(Cl)c1OCC(C)OC. The molecule has 1 aromatic carbocycles. The summed E-state index contributed by atoms with van der Waals surface area (Å²) in [6, 6.07) is 3.60. The molecule has 5 heteroatoms. The normalized spacial score (nSPS) is 14.2. The highest BCUT2D eigenvalue weighted by molar-refractivity contribution is 6.35.